The van der Waals surface area contributed by atoms with Crippen molar-refractivity contribution in [3.05, 3.63) is 65.0 Å². The molecule has 3 aromatic heterocycles. The third-order valence-corrected chi connectivity index (χ3v) is 7.15. The maximum absolute atomic E-state index is 13.8. The van der Waals surface area contributed by atoms with Gasteiger partial charge in [0.05, 0.1) is 47.5 Å². The number of nitrogens with zero attached hydrogens (tertiary/aromatic N) is 6. The Morgan fingerprint density at radius 1 is 0.971 bits per heavy atom. The molecule has 0 saturated heterocycles. The Hall–Kier alpha value is -3.79. The monoisotopic (exact) mass is 476 g/mol. The van der Waals surface area contributed by atoms with Crippen LogP contribution >= 0.6 is 0 Å². The lowest BCUT2D eigenvalue weighted by Crippen LogP contribution is -2.17. The Labute approximate surface area is 198 Å². The fraction of sp³-hybridized carbons (Fsp3) is 0.250. The molecule has 0 aliphatic carbocycles. The average molecular weight is 477 g/mol. The molecule has 0 aliphatic rings. The second-order valence-electron chi connectivity index (χ2n) is 7.97. The molecular formula is C24H24N6O3S. The number of rotatable bonds is 6. The summed E-state index contributed by atoms with van der Waals surface area (Å²) in [5.41, 5.74) is 6.29. The van der Waals surface area contributed by atoms with Gasteiger partial charge in [-0.1, -0.05) is 12.1 Å². The van der Waals surface area contributed by atoms with Crippen molar-refractivity contribution < 1.29 is 13.7 Å². The zero-order valence-electron chi connectivity index (χ0n) is 19.6. The topological polar surface area (TPSA) is 97.0 Å². The van der Waals surface area contributed by atoms with E-state index < -0.39 is 10.8 Å². The molecule has 34 heavy (non-hydrogen) atoms. The summed E-state index contributed by atoms with van der Waals surface area (Å²) >= 11 is 0. The van der Waals surface area contributed by atoms with Gasteiger partial charge in [0.2, 0.25) is 5.16 Å². The van der Waals surface area contributed by atoms with Crippen LogP contribution in [0, 0.1) is 20.8 Å². The van der Waals surface area contributed by atoms with Gasteiger partial charge in [-0.25, -0.2) is 9.66 Å². The van der Waals surface area contributed by atoms with E-state index >= 15 is 0 Å². The van der Waals surface area contributed by atoms with Gasteiger partial charge in [-0.15, -0.1) is 9.89 Å². The first kappa shape index (κ1) is 22.0. The van der Waals surface area contributed by atoms with Gasteiger partial charge in [0.25, 0.3) is 0 Å². The molecule has 9 nitrogen and oxygen atoms in total. The molecule has 0 amide bonds. The fourth-order valence-electron chi connectivity index (χ4n) is 4.19. The average Bonchev–Trinajstić information content (AvgIpc) is 3.43. The van der Waals surface area contributed by atoms with Crippen molar-refractivity contribution in [3.8, 4) is 11.5 Å². The number of hydrogen-bond acceptors (Lipinski definition) is 7. The molecule has 0 radical (unpaired) electrons. The van der Waals surface area contributed by atoms with Crippen molar-refractivity contribution in [1.82, 2.24) is 29.7 Å². The minimum absolute atomic E-state index is 0.175. The minimum atomic E-state index is -1.55. The first-order chi connectivity index (χ1) is 16.4. The van der Waals surface area contributed by atoms with E-state index in [4.69, 9.17) is 14.5 Å². The van der Waals surface area contributed by atoms with E-state index in [0.717, 1.165) is 39.0 Å². The summed E-state index contributed by atoms with van der Waals surface area (Å²) in [5, 5.41) is 8.99. The highest BCUT2D eigenvalue weighted by Gasteiger charge is 2.24. The number of para-hydroxylation sites is 1. The van der Waals surface area contributed by atoms with Crippen molar-refractivity contribution in [2.24, 2.45) is 0 Å². The highest BCUT2D eigenvalue weighted by atomic mass is 32.2. The molecule has 1 atom stereocenters. The van der Waals surface area contributed by atoms with Crippen molar-refractivity contribution in [2.75, 3.05) is 14.2 Å². The van der Waals surface area contributed by atoms with Crippen LogP contribution in [-0.2, 0) is 16.6 Å². The Morgan fingerprint density at radius 2 is 1.76 bits per heavy atom. The molecule has 0 N–H and O–H groups in total. The Kier molecular flexibility index (Phi) is 5.52. The minimum Gasteiger partial charge on any atom is -0.496 e. The number of methoxy groups -OCH3 is 2. The molecular weight excluding hydrogens is 452 g/mol. The summed E-state index contributed by atoms with van der Waals surface area (Å²) in [6.07, 6.45) is 1.74. The number of aryl methyl sites for hydroxylation is 2. The number of imidazole rings is 1. The van der Waals surface area contributed by atoms with Gasteiger partial charge in [-0.3, -0.25) is 9.19 Å². The fourth-order valence-corrected chi connectivity index (χ4v) is 5.42. The van der Waals surface area contributed by atoms with E-state index in [1.165, 1.54) is 0 Å². The zero-order valence-corrected chi connectivity index (χ0v) is 20.4. The van der Waals surface area contributed by atoms with Crippen LogP contribution in [0.15, 0.2) is 47.8 Å². The molecule has 2 aromatic carbocycles. The van der Waals surface area contributed by atoms with Gasteiger partial charge in [0, 0.05) is 22.9 Å². The van der Waals surface area contributed by atoms with Crippen LogP contribution in [0.5, 0.6) is 11.5 Å². The summed E-state index contributed by atoms with van der Waals surface area (Å²) in [5.74, 6) is 1.63. The van der Waals surface area contributed by atoms with Gasteiger partial charge in [0.15, 0.2) is 0 Å². The van der Waals surface area contributed by atoms with E-state index in [2.05, 4.69) is 15.3 Å². The first-order valence-electron chi connectivity index (χ1n) is 10.7. The molecule has 0 fully saturated rings. The second kappa shape index (κ2) is 8.53. The molecule has 3 heterocycles. The summed E-state index contributed by atoms with van der Waals surface area (Å²) in [6, 6.07) is 11.4. The van der Waals surface area contributed by atoms with Crippen LogP contribution < -0.4 is 9.47 Å². The maximum Gasteiger partial charge on any atom is 0.221 e. The summed E-state index contributed by atoms with van der Waals surface area (Å²) < 4.78 is 26.6. The van der Waals surface area contributed by atoms with Gasteiger partial charge in [-0.05, 0) is 50.3 Å². The predicted octanol–water partition coefficient (Wildman–Crippen LogP) is 3.74. The Balaban J connectivity index is 1.71. The van der Waals surface area contributed by atoms with E-state index in [1.54, 1.807) is 29.9 Å². The van der Waals surface area contributed by atoms with Crippen molar-refractivity contribution in [1.29, 1.82) is 0 Å². The quantitative estimate of drug-likeness (QED) is 0.368. The molecule has 0 aliphatic heterocycles. The summed E-state index contributed by atoms with van der Waals surface area (Å²) in [7, 11) is 1.70. The number of hydrogen-bond donors (Lipinski definition) is 0. The largest absolute Gasteiger partial charge is 0.496 e. The number of benzene rings is 2. The van der Waals surface area contributed by atoms with Gasteiger partial charge >= 0.3 is 0 Å². The van der Waals surface area contributed by atoms with Gasteiger partial charge in [0.1, 0.15) is 22.5 Å². The number of aromatic nitrogens is 6. The number of ether oxygens (including phenoxy) is 2. The molecule has 5 rings (SSSR count). The highest BCUT2D eigenvalue weighted by molar-refractivity contribution is 7.84. The maximum atomic E-state index is 13.8. The molecule has 0 saturated carbocycles. The van der Waals surface area contributed by atoms with Crippen LogP contribution in [0.3, 0.4) is 0 Å². The lowest BCUT2D eigenvalue weighted by molar-refractivity contribution is 0.407. The van der Waals surface area contributed by atoms with Crippen LogP contribution in [-0.4, -0.2) is 48.2 Å². The Morgan fingerprint density at radius 3 is 2.53 bits per heavy atom. The molecule has 10 heteroatoms. The van der Waals surface area contributed by atoms with E-state index in [1.807, 2.05) is 57.2 Å². The van der Waals surface area contributed by atoms with Crippen molar-refractivity contribution in [3.63, 3.8) is 0 Å². The number of fused-ring (bicyclic) bond motifs is 2. The second-order valence-corrected chi connectivity index (χ2v) is 9.32. The van der Waals surface area contributed by atoms with Gasteiger partial charge in [-0.2, -0.15) is 0 Å². The normalized spacial score (nSPS) is 12.4. The van der Waals surface area contributed by atoms with E-state index in [0.29, 0.717) is 22.1 Å². The molecule has 0 spiro atoms. The third kappa shape index (κ3) is 3.41. The zero-order chi connectivity index (χ0) is 24.0. The van der Waals surface area contributed by atoms with Crippen LogP contribution in [0.4, 0.5) is 0 Å². The first-order valence-corrected chi connectivity index (χ1v) is 12.0. The van der Waals surface area contributed by atoms with Crippen LogP contribution in [0.1, 0.15) is 22.4 Å². The lowest BCUT2D eigenvalue weighted by atomic mass is 10.1. The third-order valence-electron chi connectivity index (χ3n) is 5.94. The highest BCUT2D eigenvalue weighted by Crippen LogP contribution is 2.31. The smallest absolute Gasteiger partial charge is 0.221 e. The summed E-state index contributed by atoms with van der Waals surface area (Å²) in [4.78, 5) is 11.0. The SMILES string of the molecule is COc1ccc2c(nc(S(=O)Cc3ncc(C)c(OC)c3C)n2-n2nnc3ccccc32)c1C. The standard InChI is InChI=1S/C24H24N6O3S/c1-14-12-25-18(15(2)23(14)33-5)13-34(31)24-26-22-16(3)21(32-4)11-10-20(22)29(24)30-19-9-7-6-8-17(19)27-28-30/h6-12H,13H2,1-5H3. The Bertz CT molecular complexity index is 1570. The van der Waals surface area contributed by atoms with Crippen molar-refractivity contribution in [2.45, 2.75) is 31.7 Å². The molecule has 0 bridgehead atoms. The number of pyridine rings is 1. The van der Waals surface area contributed by atoms with Crippen molar-refractivity contribution >= 4 is 32.9 Å². The van der Waals surface area contributed by atoms with Gasteiger partial charge < -0.3 is 9.47 Å². The molecule has 174 valence electrons. The molecule has 1 unspecified atom stereocenters. The van der Waals surface area contributed by atoms with E-state index in [-0.39, 0.29) is 5.75 Å². The summed E-state index contributed by atoms with van der Waals surface area (Å²) in [6.45, 7) is 5.79. The predicted molar refractivity (Wildman–Crippen MR) is 130 cm³/mol. The van der Waals surface area contributed by atoms with Crippen LogP contribution in [0.25, 0.3) is 22.1 Å². The van der Waals surface area contributed by atoms with E-state index in [9.17, 15) is 4.21 Å². The van der Waals surface area contributed by atoms with Crippen LogP contribution in [0.2, 0.25) is 0 Å². The molecule has 5 aromatic rings. The lowest BCUT2D eigenvalue weighted by Gasteiger charge is -2.13.